The number of hydrogen-bond acceptors (Lipinski definition) is 1. The molecule has 3 aromatic carbocycles. The van der Waals surface area contributed by atoms with Crippen molar-refractivity contribution in [2.45, 2.75) is 13.3 Å². The minimum absolute atomic E-state index is 0.170. The number of aryl methyl sites for hydroxylation is 1. The molecule has 1 amide bonds. The summed E-state index contributed by atoms with van der Waals surface area (Å²) < 4.78 is 13.5. The van der Waals surface area contributed by atoms with E-state index in [1.54, 1.807) is 12.1 Å². The van der Waals surface area contributed by atoms with Gasteiger partial charge in [0.1, 0.15) is 5.82 Å². The van der Waals surface area contributed by atoms with Gasteiger partial charge in [-0.05, 0) is 53.9 Å². The molecule has 0 saturated carbocycles. The Labute approximate surface area is 169 Å². The van der Waals surface area contributed by atoms with Crippen molar-refractivity contribution >= 4 is 11.6 Å². The van der Waals surface area contributed by atoms with E-state index in [1.807, 2.05) is 67.6 Å². The van der Waals surface area contributed by atoms with Crippen LogP contribution in [0.15, 0.2) is 84.9 Å². The van der Waals surface area contributed by atoms with Gasteiger partial charge in [0.2, 0.25) is 0 Å². The SMILES string of the molecule is CCc1[nH]c(-c2ccc(F)cc2)c(-c2ccccc2)c1C(=O)Nc1ccccc1. The fourth-order valence-corrected chi connectivity index (χ4v) is 3.51. The summed E-state index contributed by atoms with van der Waals surface area (Å²) in [4.78, 5) is 16.7. The Hall–Kier alpha value is -3.66. The number of aromatic nitrogens is 1. The number of nitrogens with one attached hydrogen (secondary N) is 2. The van der Waals surface area contributed by atoms with Crippen LogP contribution < -0.4 is 5.32 Å². The minimum Gasteiger partial charge on any atom is -0.357 e. The molecule has 0 atom stereocenters. The number of para-hydroxylation sites is 1. The maximum atomic E-state index is 13.5. The Morgan fingerprint density at radius 3 is 2.10 bits per heavy atom. The molecular formula is C25H21FN2O. The lowest BCUT2D eigenvalue weighted by Gasteiger charge is -2.10. The smallest absolute Gasteiger partial charge is 0.258 e. The normalized spacial score (nSPS) is 10.7. The van der Waals surface area contributed by atoms with E-state index < -0.39 is 0 Å². The third-order valence-corrected chi connectivity index (χ3v) is 4.89. The highest BCUT2D eigenvalue weighted by atomic mass is 19.1. The predicted molar refractivity (Wildman–Crippen MR) is 115 cm³/mol. The fourth-order valence-electron chi connectivity index (χ4n) is 3.51. The second kappa shape index (κ2) is 8.15. The summed E-state index contributed by atoms with van der Waals surface area (Å²) in [5.74, 6) is -0.462. The Morgan fingerprint density at radius 1 is 0.862 bits per heavy atom. The van der Waals surface area contributed by atoms with Gasteiger partial charge < -0.3 is 10.3 Å². The summed E-state index contributed by atoms with van der Waals surface area (Å²) in [5, 5.41) is 3.00. The number of rotatable bonds is 5. The number of hydrogen-bond donors (Lipinski definition) is 2. The maximum Gasteiger partial charge on any atom is 0.258 e. The summed E-state index contributed by atoms with van der Waals surface area (Å²) in [7, 11) is 0. The van der Waals surface area contributed by atoms with E-state index in [9.17, 15) is 9.18 Å². The number of anilines is 1. The van der Waals surface area contributed by atoms with E-state index in [4.69, 9.17) is 0 Å². The molecule has 4 heteroatoms. The van der Waals surface area contributed by atoms with Crippen LogP contribution in [0.4, 0.5) is 10.1 Å². The summed E-state index contributed by atoms with van der Waals surface area (Å²) in [6.45, 7) is 2.01. The van der Waals surface area contributed by atoms with Crippen LogP contribution in [-0.2, 0) is 6.42 Å². The third kappa shape index (κ3) is 3.83. The van der Waals surface area contributed by atoms with Crippen LogP contribution in [0.1, 0.15) is 23.0 Å². The third-order valence-electron chi connectivity index (χ3n) is 4.89. The number of halogens is 1. The highest BCUT2D eigenvalue weighted by molar-refractivity contribution is 6.12. The summed E-state index contributed by atoms with van der Waals surface area (Å²) in [6, 6.07) is 25.5. The van der Waals surface area contributed by atoms with Gasteiger partial charge in [0.05, 0.1) is 11.3 Å². The molecule has 0 unspecified atom stereocenters. The van der Waals surface area contributed by atoms with Gasteiger partial charge in [0, 0.05) is 16.9 Å². The summed E-state index contributed by atoms with van der Waals surface area (Å²) >= 11 is 0. The first kappa shape index (κ1) is 18.7. The quantitative estimate of drug-likeness (QED) is 0.416. The van der Waals surface area contributed by atoms with Crippen molar-refractivity contribution in [3.8, 4) is 22.4 Å². The number of amides is 1. The first-order valence-electron chi connectivity index (χ1n) is 9.60. The van der Waals surface area contributed by atoms with Crippen LogP contribution in [0.25, 0.3) is 22.4 Å². The topological polar surface area (TPSA) is 44.9 Å². The van der Waals surface area contributed by atoms with E-state index in [0.717, 1.165) is 33.8 Å². The number of aromatic amines is 1. The molecule has 144 valence electrons. The van der Waals surface area contributed by atoms with E-state index in [2.05, 4.69) is 10.3 Å². The molecule has 2 N–H and O–H groups in total. The molecule has 3 nitrogen and oxygen atoms in total. The van der Waals surface area contributed by atoms with Gasteiger partial charge in [-0.1, -0.05) is 55.5 Å². The molecule has 4 rings (SSSR count). The lowest BCUT2D eigenvalue weighted by atomic mass is 9.96. The van der Waals surface area contributed by atoms with Crippen LogP contribution in [0.2, 0.25) is 0 Å². The van der Waals surface area contributed by atoms with Crippen LogP contribution >= 0.6 is 0 Å². The molecule has 1 heterocycles. The van der Waals surface area contributed by atoms with E-state index >= 15 is 0 Å². The van der Waals surface area contributed by atoms with Gasteiger partial charge in [-0.15, -0.1) is 0 Å². The predicted octanol–water partition coefficient (Wildman–Crippen LogP) is 6.30. The van der Waals surface area contributed by atoms with Crippen molar-refractivity contribution in [2.24, 2.45) is 0 Å². The molecule has 0 bridgehead atoms. The molecule has 0 aliphatic carbocycles. The first-order valence-corrected chi connectivity index (χ1v) is 9.60. The number of H-pyrrole nitrogens is 1. The highest BCUT2D eigenvalue weighted by Gasteiger charge is 2.24. The van der Waals surface area contributed by atoms with E-state index in [-0.39, 0.29) is 11.7 Å². The maximum absolute atomic E-state index is 13.5. The Morgan fingerprint density at radius 2 is 1.48 bits per heavy atom. The monoisotopic (exact) mass is 384 g/mol. The molecule has 29 heavy (non-hydrogen) atoms. The van der Waals surface area contributed by atoms with Gasteiger partial charge >= 0.3 is 0 Å². The zero-order valence-electron chi connectivity index (χ0n) is 16.1. The van der Waals surface area contributed by atoms with E-state index in [1.165, 1.54) is 12.1 Å². The standard InChI is InChI=1S/C25H21FN2O/c1-2-21-23(25(29)27-20-11-7-4-8-12-20)22(17-9-5-3-6-10-17)24(28-21)18-13-15-19(26)16-14-18/h3-16,28H,2H2,1H3,(H,27,29). The second-order valence-corrected chi connectivity index (χ2v) is 6.78. The Bertz CT molecular complexity index is 1120. The molecule has 4 aromatic rings. The lowest BCUT2D eigenvalue weighted by molar-refractivity contribution is 0.102. The van der Waals surface area contributed by atoms with Crippen molar-refractivity contribution in [3.63, 3.8) is 0 Å². The zero-order valence-corrected chi connectivity index (χ0v) is 16.1. The highest BCUT2D eigenvalue weighted by Crippen LogP contribution is 2.37. The van der Waals surface area contributed by atoms with Crippen molar-refractivity contribution in [2.75, 3.05) is 5.32 Å². The van der Waals surface area contributed by atoms with Crippen LogP contribution in [0.3, 0.4) is 0 Å². The molecule has 0 fully saturated rings. The van der Waals surface area contributed by atoms with Gasteiger partial charge in [0.15, 0.2) is 0 Å². The van der Waals surface area contributed by atoms with Gasteiger partial charge in [0.25, 0.3) is 5.91 Å². The first-order chi connectivity index (χ1) is 14.2. The molecule has 0 radical (unpaired) electrons. The van der Waals surface area contributed by atoms with Crippen molar-refractivity contribution in [1.82, 2.24) is 4.98 Å². The minimum atomic E-state index is -0.292. The summed E-state index contributed by atoms with van der Waals surface area (Å²) in [6.07, 6.45) is 0.665. The van der Waals surface area contributed by atoms with Gasteiger partial charge in [-0.2, -0.15) is 0 Å². The van der Waals surface area contributed by atoms with Crippen molar-refractivity contribution in [3.05, 3.63) is 102 Å². The lowest BCUT2D eigenvalue weighted by Crippen LogP contribution is -2.14. The summed E-state index contributed by atoms with van der Waals surface area (Å²) in [5.41, 5.74) is 5.59. The van der Waals surface area contributed by atoms with Crippen LogP contribution in [0, 0.1) is 5.82 Å². The molecule has 0 aliphatic rings. The molecule has 0 saturated heterocycles. The second-order valence-electron chi connectivity index (χ2n) is 6.78. The fraction of sp³-hybridized carbons (Fsp3) is 0.0800. The van der Waals surface area contributed by atoms with E-state index in [0.29, 0.717) is 12.0 Å². The van der Waals surface area contributed by atoms with Gasteiger partial charge in [-0.3, -0.25) is 4.79 Å². The number of carbonyl (C=O) groups is 1. The average Bonchev–Trinajstić information content (AvgIpc) is 3.15. The Balaban J connectivity index is 1.89. The van der Waals surface area contributed by atoms with Crippen molar-refractivity contribution in [1.29, 1.82) is 0 Å². The number of benzene rings is 3. The van der Waals surface area contributed by atoms with Crippen molar-refractivity contribution < 1.29 is 9.18 Å². The zero-order chi connectivity index (χ0) is 20.2. The van der Waals surface area contributed by atoms with Gasteiger partial charge in [-0.25, -0.2) is 4.39 Å². The molecule has 0 aliphatic heterocycles. The largest absolute Gasteiger partial charge is 0.357 e. The van der Waals surface area contributed by atoms with Crippen LogP contribution in [-0.4, -0.2) is 10.9 Å². The van der Waals surface area contributed by atoms with Crippen LogP contribution in [0.5, 0.6) is 0 Å². The number of carbonyl (C=O) groups excluding carboxylic acids is 1. The molecule has 0 spiro atoms. The average molecular weight is 384 g/mol. The Kier molecular flexibility index (Phi) is 5.25. The molecular weight excluding hydrogens is 363 g/mol. The molecule has 1 aromatic heterocycles.